The number of aromatic amines is 1. The molecule has 0 unspecified atom stereocenters. The Hall–Kier alpha value is -2.01. The van der Waals surface area contributed by atoms with Gasteiger partial charge in [-0.25, -0.2) is 4.79 Å². The van der Waals surface area contributed by atoms with Gasteiger partial charge in [0.2, 0.25) is 0 Å². The number of para-hydroxylation sites is 1. The van der Waals surface area contributed by atoms with Crippen molar-refractivity contribution in [2.75, 3.05) is 5.73 Å². The number of hydrogen-bond acceptors (Lipinski definition) is 4. The maximum Gasteiger partial charge on any atom is 0.348 e. The van der Waals surface area contributed by atoms with E-state index in [9.17, 15) is 4.79 Å². The fourth-order valence-corrected chi connectivity index (χ4v) is 1.32. The maximum absolute atomic E-state index is 11.6. The summed E-state index contributed by atoms with van der Waals surface area (Å²) in [7, 11) is 0. The molecule has 0 aliphatic rings. The summed E-state index contributed by atoms with van der Waals surface area (Å²) in [5.41, 5.74) is 5.66. The molecule has 0 saturated heterocycles. The third-order valence-corrected chi connectivity index (χ3v) is 2.24. The molecule has 16 heavy (non-hydrogen) atoms. The molecule has 0 amide bonds. The second kappa shape index (κ2) is 4.24. The zero-order chi connectivity index (χ0) is 11.5. The Morgan fingerprint density at radius 1 is 1.44 bits per heavy atom. The van der Waals surface area contributed by atoms with E-state index in [1.807, 2.05) is 0 Å². The fourth-order valence-electron chi connectivity index (χ4n) is 1.14. The monoisotopic (exact) mass is 237 g/mol. The van der Waals surface area contributed by atoms with Crippen molar-refractivity contribution in [3.8, 4) is 5.75 Å². The SMILES string of the molecule is Nc1[nH]ncc1C(=O)Oc1ccccc1Cl. The Morgan fingerprint density at radius 3 is 2.81 bits per heavy atom. The quantitative estimate of drug-likeness (QED) is 0.617. The number of nitrogens with zero attached hydrogens (tertiary/aromatic N) is 1. The number of nitrogens with two attached hydrogens (primary N) is 1. The predicted octanol–water partition coefficient (Wildman–Crippen LogP) is 1.86. The minimum Gasteiger partial charge on any atom is -0.421 e. The van der Waals surface area contributed by atoms with Crippen LogP contribution in [-0.2, 0) is 0 Å². The van der Waals surface area contributed by atoms with Gasteiger partial charge in [-0.05, 0) is 12.1 Å². The van der Waals surface area contributed by atoms with Gasteiger partial charge in [0.1, 0.15) is 17.1 Å². The van der Waals surface area contributed by atoms with Crippen molar-refractivity contribution in [3.05, 3.63) is 41.0 Å². The summed E-state index contributed by atoms with van der Waals surface area (Å²) in [6.45, 7) is 0. The summed E-state index contributed by atoms with van der Waals surface area (Å²) in [5.74, 6) is -0.147. The zero-order valence-electron chi connectivity index (χ0n) is 8.11. The van der Waals surface area contributed by atoms with Crippen LogP contribution in [0.3, 0.4) is 0 Å². The molecule has 0 radical (unpaired) electrons. The second-order valence-corrected chi connectivity index (χ2v) is 3.42. The molecule has 5 nitrogen and oxygen atoms in total. The average molecular weight is 238 g/mol. The van der Waals surface area contributed by atoms with E-state index in [-0.39, 0.29) is 17.1 Å². The summed E-state index contributed by atoms with van der Waals surface area (Å²) in [5, 5.41) is 6.43. The number of hydrogen-bond donors (Lipinski definition) is 2. The van der Waals surface area contributed by atoms with Gasteiger partial charge in [0.25, 0.3) is 0 Å². The summed E-state index contributed by atoms with van der Waals surface area (Å²) >= 11 is 5.84. The minimum atomic E-state index is -0.598. The van der Waals surface area contributed by atoms with E-state index >= 15 is 0 Å². The number of anilines is 1. The third-order valence-electron chi connectivity index (χ3n) is 1.93. The number of H-pyrrole nitrogens is 1. The van der Waals surface area contributed by atoms with Gasteiger partial charge in [0, 0.05) is 0 Å². The van der Waals surface area contributed by atoms with Crippen molar-refractivity contribution >= 4 is 23.4 Å². The molecule has 0 aliphatic carbocycles. The molecule has 2 aromatic rings. The number of esters is 1. The van der Waals surface area contributed by atoms with Crippen LogP contribution in [0.1, 0.15) is 10.4 Å². The summed E-state index contributed by atoms with van der Waals surface area (Å²) in [6, 6.07) is 6.68. The molecule has 0 aliphatic heterocycles. The van der Waals surface area contributed by atoms with Crippen LogP contribution in [0.2, 0.25) is 5.02 Å². The molecule has 3 N–H and O–H groups in total. The van der Waals surface area contributed by atoms with Crippen LogP contribution < -0.4 is 10.5 Å². The van der Waals surface area contributed by atoms with Gasteiger partial charge in [0.15, 0.2) is 0 Å². The normalized spacial score (nSPS) is 10.1. The molecule has 1 heterocycles. The lowest BCUT2D eigenvalue weighted by Gasteiger charge is -2.04. The number of nitrogens with one attached hydrogen (secondary N) is 1. The van der Waals surface area contributed by atoms with Crippen LogP contribution in [0.4, 0.5) is 5.82 Å². The molecule has 2 rings (SSSR count). The lowest BCUT2D eigenvalue weighted by molar-refractivity contribution is 0.0736. The van der Waals surface area contributed by atoms with Crippen molar-refractivity contribution < 1.29 is 9.53 Å². The van der Waals surface area contributed by atoms with E-state index in [0.29, 0.717) is 5.02 Å². The highest BCUT2D eigenvalue weighted by molar-refractivity contribution is 6.32. The molecule has 0 spiro atoms. The fraction of sp³-hybridized carbons (Fsp3) is 0. The first-order valence-corrected chi connectivity index (χ1v) is 4.82. The molecule has 0 fully saturated rings. The van der Waals surface area contributed by atoms with Crippen LogP contribution in [-0.4, -0.2) is 16.2 Å². The Bertz CT molecular complexity index is 524. The van der Waals surface area contributed by atoms with E-state index < -0.39 is 5.97 Å². The van der Waals surface area contributed by atoms with E-state index in [1.165, 1.54) is 6.20 Å². The summed E-state index contributed by atoms with van der Waals surface area (Å²) in [4.78, 5) is 11.6. The lowest BCUT2D eigenvalue weighted by Crippen LogP contribution is -2.10. The van der Waals surface area contributed by atoms with Crippen molar-refractivity contribution in [1.29, 1.82) is 0 Å². The Kier molecular flexibility index (Phi) is 2.78. The third kappa shape index (κ3) is 1.99. The molecule has 0 bridgehead atoms. The Balaban J connectivity index is 2.21. The highest BCUT2D eigenvalue weighted by Crippen LogP contribution is 2.24. The van der Waals surface area contributed by atoms with E-state index in [1.54, 1.807) is 24.3 Å². The Labute approximate surface area is 96.2 Å². The molecule has 0 saturated carbocycles. The topological polar surface area (TPSA) is 81.0 Å². The lowest BCUT2D eigenvalue weighted by atomic mass is 10.3. The minimum absolute atomic E-state index is 0.164. The van der Waals surface area contributed by atoms with Crippen molar-refractivity contribution in [1.82, 2.24) is 10.2 Å². The summed E-state index contributed by atoms with van der Waals surface area (Å²) in [6.07, 6.45) is 1.30. The number of benzene rings is 1. The molecule has 0 atom stereocenters. The van der Waals surface area contributed by atoms with E-state index in [0.717, 1.165) is 0 Å². The summed E-state index contributed by atoms with van der Waals surface area (Å²) < 4.78 is 5.06. The standard InChI is InChI=1S/C10H8ClN3O2/c11-7-3-1-2-4-8(7)16-10(15)6-5-13-14-9(6)12/h1-5H,(H3,12,13,14). The van der Waals surface area contributed by atoms with Crippen LogP contribution >= 0.6 is 11.6 Å². The first-order chi connectivity index (χ1) is 7.68. The van der Waals surface area contributed by atoms with Gasteiger partial charge in [-0.1, -0.05) is 23.7 Å². The number of ether oxygens (including phenoxy) is 1. The van der Waals surface area contributed by atoms with Gasteiger partial charge in [0.05, 0.1) is 11.2 Å². The highest BCUT2D eigenvalue weighted by Gasteiger charge is 2.15. The smallest absolute Gasteiger partial charge is 0.348 e. The first-order valence-electron chi connectivity index (χ1n) is 4.44. The van der Waals surface area contributed by atoms with Gasteiger partial charge in [-0.15, -0.1) is 0 Å². The molecule has 82 valence electrons. The van der Waals surface area contributed by atoms with E-state index in [2.05, 4.69) is 10.2 Å². The van der Waals surface area contributed by atoms with Gasteiger partial charge in [-0.3, -0.25) is 5.10 Å². The van der Waals surface area contributed by atoms with Crippen molar-refractivity contribution in [3.63, 3.8) is 0 Å². The van der Waals surface area contributed by atoms with Crippen LogP contribution in [0.5, 0.6) is 5.75 Å². The number of carbonyl (C=O) groups is 1. The van der Waals surface area contributed by atoms with Crippen molar-refractivity contribution in [2.24, 2.45) is 0 Å². The number of carbonyl (C=O) groups excluding carboxylic acids is 1. The molecular formula is C10H8ClN3O2. The zero-order valence-corrected chi connectivity index (χ0v) is 8.86. The Morgan fingerprint density at radius 2 is 2.19 bits per heavy atom. The van der Waals surface area contributed by atoms with Crippen LogP contribution in [0, 0.1) is 0 Å². The van der Waals surface area contributed by atoms with Crippen molar-refractivity contribution in [2.45, 2.75) is 0 Å². The van der Waals surface area contributed by atoms with Crippen LogP contribution in [0.15, 0.2) is 30.5 Å². The van der Waals surface area contributed by atoms with Gasteiger partial charge < -0.3 is 10.5 Å². The highest BCUT2D eigenvalue weighted by atomic mass is 35.5. The van der Waals surface area contributed by atoms with E-state index in [4.69, 9.17) is 22.1 Å². The maximum atomic E-state index is 11.6. The second-order valence-electron chi connectivity index (χ2n) is 3.02. The first kappa shape index (κ1) is 10.5. The average Bonchev–Trinajstić information content (AvgIpc) is 2.68. The molecular weight excluding hydrogens is 230 g/mol. The number of halogens is 1. The predicted molar refractivity (Wildman–Crippen MR) is 59.4 cm³/mol. The van der Waals surface area contributed by atoms with Gasteiger partial charge in [-0.2, -0.15) is 5.10 Å². The molecule has 1 aromatic heterocycles. The van der Waals surface area contributed by atoms with Gasteiger partial charge >= 0.3 is 5.97 Å². The molecule has 6 heteroatoms. The number of rotatable bonds is 2. The number of nitrogen functional groups attached to an aromatic ring is 1. The number of aromatic nitrogens is 2. The largest absolute Gasteiger partial charge is 0.421 e. The van der Waals surface area contributed by atoms with Crippen LogP contribution in [0.25, 0.3) is 0 Å². The molecule has 1 aromatic carbocycles.